The zero-order chi connectivity index (χ0) is 14.7. The highest BCUT2D eigenvalue weighted by Crippen LogP contribution is 2.12. The zero-order valence-corrected chi connectivity index (χ0v) is 11.4. The number of aromatic nitrogens is 2. The number of anilines is 1. The van der Waals surface area contributed by atoms with Crippen LogP contribution in [-0.2, 0) is 6.54 Å². The van der Waals surface area contributed by atoms with E-state index in [-0.39, 0.29) is 5.91 Å². The number of carbonyl (C=O) groups excluding carboxylic acids is 2. The molecule has 0 bridgehead atoms. The Morgan fingerprint density at radius 3 is 2.50 bits per heavy atom. The lowest BCUT2D eigenvalue weighted by molar-refractivity contribution is 0.0997. The first kappa shape index (κ1) is 13.8. The average molecular weight is 272 g/mol. The van der Waals surface area contributed by atoms with Crippen LogP contribution in [0.15, 0.2) is 30.3 Å². The van der Waals surface area contributed by atoms with E-state index in [9.17, 15) is 9.59 Å². The van der Waals surface area contributed by atoms with Gasteiger partial charge in [0.05, 0.1) is 5.69 Å². The van der Waals surface area contributed by atoms with Gasteiger partial charge in [0.15, 0.2) is 0 Å². The number of aryl methyl sites for hydroxylation is 2. The number of benzene rings is 1. The lowest BCUT2D eigenvalue weighted by Gasteiger charge is -2.07. The Balaban J connectivity index is 2.16. The van der Waals surface area contributed by atoms with Crippen molar-refractivity contribution in [1.29, 1.82) is 0 Å². The van der Waals surface area contributed by atoms with Gasteiger partial charge in [-0.25, -0.2) is 0 Å². The molecule has 0 radical (unpaired) electrons. The number of primary amides is 1. The van der Waals surface area contributed by atoms with Gasteiger partial charge in [-0.2, -0.15) is 5.10 Å². The number of nitrogens with zero attached hydrogens (tertiary/aromatic N) is 2. The zero-order valence-electron chi connectivity index (χ0n) is 11.4. The van der Waals surface area contributed by atoms with Gasteiger partial charge in [0.25, 0.3) is 5.91 Å². The predicted molar refractivity (Wildman–Crippen MR) is 75.6 cm³/mol. The molecule has 104 valence electrons. The summed E-state index contributed by atoms with van der Waals surface area (Å²) in [5.74, 6) is -0.734. The van der Waals surface area contributed by atoms with E-state index in [1.54, 1.807) is 35.0 Å². The Labute approximate surface area is 116 Å². The highest BCUT2D eigenvalue weighted by Gasteiger charge is 2.13. The Morgan fingerprint density at radius 2 is 1.95 bits per heavy atom. The third kappa shape index (κ3) is 2.85. The van der Waals surface area contributed by atoms with Gasteiger partial charge in [-0.1, -0.05) is 0 Å². The summed E-state index contributed by atoms with van der Waals surface area (Å²) in [6, 6.07) is 8.15. The van der Waals surface area contributed by atoms with Crippen LogP contribution in [0.4, 0.5) is 5.69 Å². The molecule has 1 aromatic heterocycles. The smallest absolute Gasteiger partial charge is 0.273 e. The van der Waals surface area contributed by atoms with E-state index in [4.69, 9.17) is 5.73 Å². The van der Waals surface area contributed by atoms with Crippen molar-refractivity contribution in [3.05, 3.63) is 47.3 Å². The summed E-state index contributed by atoms with van der Waals surface area (Å²) < 4.78 is 1.64. The van der Waals surface area contributed by atoms with Crippen molar-refractivity contribution in [1.82, 2.24) is 9.78 Å². The second-order valence-electron chi connectivity index (χ2n) is 4.38. The van der Waals surface area contributed by atoms with Crippen molar-refractivity contribution in [2.24, 2.45) is 5.73 Å². The molecule has 0 aliphatic heterocycles. The first-order chi connectivity index (χ1) is 9.51. The number of amides is 2. The van der Waals surface area contributed by atoms with Crippen molar-refractivity contribution < 1.29 is 9.59 Å². The number of hydrogen-bond donors (Lipinski definition) is 2. The molecule has 20 heavy (non-hydrogen) atoms. The van der Waals surface area contributed by atoms with Crippen molar-refractivity contribution in [3.8, 4) is 0 Å². The van der Waals surface area contributed by atoms with Gasteiger partial charge in [0, 0.05) is 17.8 Å². The van der Waals surface area contributed by atoms with Crippen LogP contribution in [0.5, 0.6) is 0 Å². The molecular formula is C14H16N4O2. The van der Waals surface area contributed by atoms with Gasteiger partial charge in [-0.05, 0) is 44.2 Å². The maximum absolute atomic E-state index is 12.2. The van der Waals surface area contributed by atoms with Crippen molar-refractivity contribution >= 4 is 17.5 Å². The molecule has 0 fully saturated rings. The van der Waals surface area contributed by atoms with Crippen molar-refractivity contribution in [2.45, 2.75) is 20.4 Å². The molecule has 0 saturated heterocycles. The van der Waals surface area contributed by atoms with Crippen LogP contribution in [0.25, 0.3) is 0 Å². The first-order valence-corrected chi connectivity index (χ1v) is 6.27. The minimum absolute atomic E-state index is 0.237. The highest BCUT2D eigenvalue weighted by molar-refractivity contribution is 6.03. The van der Waals surface area contributed by atoms with Crippen molar-refractivity contribution in [3.63, 3.8) is 0 Å². The Hall–Kier alpha value is -2.63. The quantitative estimate of drug-likeness (QED) is 0.885. The van der Waals surface area contributed by atoms with Crippen LogP contribution in [0.2, 0.25) is 0 Å². The van der Waals surface area contributed by atoms with E-state index in [1.165, 1.54) is 0 Å². The van der Waals surface area contributed by atoms with E-state index in [0.717, 1.165) is 5.69 Å². The molecule has 1 aromatic carbocycles. The van der Waals surface area contributed by atoms with Gasteiger partial charge >= 0.3 is 0 Å². The first-order valence-electron chi connectivity index (χ1n) is 6.27. The molecule has 0 atom stereocenters. The van der Waals surface area contributed by atoms with Crippen LogP contribution >= 0.6 is 0 Å². The summed E-state index contributed by atoms with van der Waals surface area (Å²) in [5, 5.41) is 6.98. The van der Waals surface area contributed by atoms with Gasteiger partial charge in [-0.15, -0.1) is 0 Å². The Bertz CT molecular complexity index is 644. The molecule has 0 unspecified atom stereocenters. The minimum atomic E-state index is -0.498. The molecule has 6 nitrogen and oxygen atoms in total. The predicted octanol–water partition coefficient (Wildman–Crippen LogP) is 1.56. The fraction of sp³-hybridized carbons (Fsp3) is 0.214. The number of nitrogens with one attached hydrogen (secondary N) is 1. The van der Waals surface area contributed by atoms with Crippen molar-refractivity contribution in [2.75, 3.05) is 5.32 Å². The monoisotopic (exact) mass is 272 g/mol. The van der Waals surface area contributed by atoms with E-state index in [2.05, 4.69) is 10.4 Å². The number of nitrogens with two attached hydrogens (primary N) is 1. The summed E-state index contributed by atoms with van der Waals surface area (Å²) >= 11 is 0. The molecule has 6 heteroatoms. The van der Waals surface area contributed by atoms with E-state index >= 15 is 0 Å². The van der Waals surface area contributed by atoms with Gasteiger partial charge in [0.1, 0.15) is 5.69 Å². The summed E-state index contributed by atoms with van der Waals surface area (Å²) in [7, 11) is 0. The molecule has 2 amide bonds. The van der Waals surface area contributed by atoms with Gasteiger partial charge in [-0.3, -0.25) is 14.3 Å². The maximum Gasteiger partial charge on any atom is 0.273 e. The molecule has 0 aliphatic rings. The van der Waals surface area contributed by atoms with Crippen LogP contribution in [-0.4, -0.2) is 21.6 Å². The molecule has 0 aliphatic carbocycles. The minimum Gasteiger partial charge on any atom is -0.366 e. The highest BCUT2D eigenvalue weighted by atomic mass is 16.2. The second kappa shape index (κ2) is 5.56. The molecule has 1 heterocycles. The van der Waals surface area contributed by atoms with Crippen LogP contribution in [0, 0.1) is 6.92 Å². The topological polar surface area (TPSA) is 90.0 Å². The third-order valence-electron chi connectivity index (χ3n) is 2.86. The molecule has 3 N–H and O–H groups in total. The Morgan fingerprint density at radius 1 is 1.30 bits per heavy atom. The number of rotatable bonds is 4. The summed E-state index contributed by atoms with van der Waals surface area (Å²) in [4.78, 5) is 23.1. The third-order valence-corrected chi connectivity index (χ3v) is 2.86. The Kier molecular flexibility index (Phi) is 3.84. The molecule has 2 aromatic rings. The number of carbonyl (C=O) groups is 2. The second-order valence-corrected chi connectivity index (χ2v) is 4.38. The lowest BCUT2D eigenvalue weighted by atomic mass is 10.2. The van der Waals surface area contributed by atoms with Crippen LogP contribution < -0.4 is 11.1 Å². The van der Waals surface area contributed by atoms with E-state index < -0.39 is 5.91 Å². The largest absolute Gasteiger partial charge is 0.366 e. The number of hydrogen-bond acceptors (Lipinski definition) is 3. The molecule has 0 spiro atoms. The van der Waals surface area contributed by atoms with Crippen LogP contribution in [0.1, 0.15) is 33.5 Å². The van der Waals surface area contributed by atoms with E-state index in [0.29, 0.717) is 23.5 Å². The SMILES string of the molecule is CCn1nc(C)cc1C(=O)Nc1ccc(C(N)=O)cc1. The van der Waals surface area contributed by atoms with E-state index in [1.807, 2.05) is 13.8 Å². The fourth-order valence-electron chi connectivity index (χ4n) is 1.88. The maximum atomic E-state index is 12.2. The normalized spacial score (nSPS) is 10.3. The lowest BCUT2D eigenvalue weighted by Crippen LogP contribution is -2.17. The van der Waals surface area contributed by atoms with Gasteiger partial charge in [0.2, 0.25) is 5.91 Å². The molecule has 0 saturated carbocycles. The summed E-state index contributed by atoms with van der Waals surface area (Å²) in [6.45, 7) is 4.38. The summed E-state index contributed by atoms with van der Waals surface area (Å²) in [6.07, 6.45) is 0. The van der Waals surface area contributed by atoms with Gasteiger partial charge < -0.3 is 11.1 Å². The standard InChI is InChI=1S/C14H16N4O2/c1-3-18-12(8-9(2)17-18)14(20)16-11-6-4-10(5-7-11)13(15)19/h4-8H,3H2,1-2H3,(H2,15,19)(H,16,20). The summed E-state index contributed by atoms with van der Waals surface area (Å²) in [5.41, 5.74) is 7.45. The average Bonchev–Trinajstić information content (AvgIpc) is 2.80. The fourth-order valence-corrected chi connectivity index (χ4v) is 1.88. The molecular weight excluding hydrogens is 256 g/mol. The van der Waals surface area contributed by atoms with Crippen LogP contribution in [0.3, 0.4) is 0 Å². The molecule has 2 rings (SSSR count).